The number of allylic oxidation sites excluding steroid dienone is 1. The third kappa shape index (κ3) is 1.02. The quantitative estimate of drug-likeness (QED) is 0.578. The van der Waals surface area contributed by atoms with Gasteiger partial charge in [0, 0.05) is 11.3 Å². The Morgan fingerprint density at radius 1 is 1.33 bits per heavy atom. The Bertz CT molecular complexity index is 337. The van der Waals surface area contributed by atoms with Gasteiger partial charge in [0.15, 0.2) is 0 Å². The molecule has 0 amide bonds. The maximum atomic E-state index is 5.95. The van der Waals surface area contributed by atoms with Gasteiger partial charge in [0.05, 0.1) is 0 Å². The first-order chi connectivity index (χ1) is 5.79. The van der Waals surface area contributed by atoms with E-state index in [0.29, 0.717) is 0 Å². The second-order valence-electron chi connectivity index (χ2n) is 3.31. The summed E-state index contributed by atoms with van der Waals surface area (Å²) in [6, 6.07) is 4.29. The zero-order chi connectivity index (χ0) is 8.55. The molecule has 0 unspecified atom stereocenters. The van der Waals surface area contributed by atoms with Gasteiger partial charge in [-0.3, -0.25) is 0 Å². The van der Waals surface area contributed by atoms with Gasteiger partial charge < -0.3 is 5.73 Å². The molecular formula is C11H13N. The Labute approximate surface area is 72.9 Å². The van der Waals surface area contributed by atoms with E-state index >= 15 is 0 Å². The van der Waals surface area contributed by atoms with E-state index in [1.165, 1.54) is 16.7 Å². The first kappa shape index (κ1) is 7.41. The fourth-order valence-electron chi connectivity index (χ4n) is 1.65. The number of fused-ring (bicyclic) bond motifs is 1. The van der Waals surface area contributed by atoms with Crippen molar-refractivity contribution in [3.63, 3.8) is 0 Å². The van der Waals surface area contributed by atoms with Crippen LogP contribution in [0.15, 0.2) is 18.2 Å². The van der Waals surface area contributed by atoms with Crippen molar-refractivity contribution in [1.82, 2.24) is 0 Å². The lowest BCUT2D eigenvalue weighted by atomic mass is 9.94. The fourth-order valence-corrected chi connectivity index (χ4v) is 1.65. The highest BCUT2D eigenvalue weighted by Gasteiger charge is 2.08. The van der Waals surface area contributed by atoms with Crippen LogP contribution >= 0.6 is 0 Å². The van der Waals surface area contributed by atoms with Gasteiger partial charge in [-0.1, -0.05) is 24.3 Å². The lowest BCUT2D eigenvalue weighted by Gasteiger charge is -2.13. The third-order valence-electron chi connectivity index (χ3n) is 2.46. The number of hydrogen-bond donors (Lipinski definition) is 1. The van der Waals surface area contributed by atoms with Crippen LogP contribution in [0.2, 0.25) is 0 Å². The molecule has 0 atom stereocenters. The van der Waals surface area contributed by atoms with Crippen LogP contribution < -0.4 is 5.73 Å². The van der Waals surface area contributed by atoms with E-state index in [9.17, 15) is 0 Å². The lowest BCUT2D eigenvalue weighted by molar-refractivity contribution is 0.985. The van der Waals surface area contributed by atoms with Crippen molar-refractivity contribution in [3.05, 3.63) is 34.9 Å². The van der Waals surface area contributed by atoms with Gasteiger partial charge >= 0.3 is 0 Å². The third-order valence-corrected chi connectivity index (χ3v) is 2.46. The van der Waals surface area contributed by atoms with Crippen LogP contribution in [0.5, 0.6) is 0 Å². The summed E-state index contributed by atoms with van der Waals surface area (Å²) in [6.45, 7) is 2.05. The summed E-state index contributed by atoms with van der Waals surface area (Å²) >= 11 is 0. The van der Waals surface area contributed by atoms with Crippen LogP contribution in [0.1, 0.15) is 23.1 Å². The zero-order valence-corrected chi connectivity index (χ0v) is 7.30. The fraction of sp³-hybridized carbons (Fsp3) is 0.273. The summed E-state index contributed by atoms with van der Waals surface area (Å²) in [5, 5.41) is 0. The smallest absolute Gasteiger partial charge is 0.0420 e. The molecule has 1 aromatic rings. The summed E-state index contributed by atoms with van der Waals surface area (Å²) < 4.78 is 0. The molecule has 0 saturated carbocycles. The molecule has 0 radical (unpaired) electrons. The highest BCUT2D eigenvalue weighted by molar-refractivity contribution is 5.71. The van der Waals surface area contributed by atoms with E-state index in [-0.39, 0.29) is 0 Å². The summed E-state index contributed by atoms with van der Waals surface area (Å²) in [5.74, 6) is 0. The molecule has 0 spiro atoms. The van der Waals surface area contributed by atoms with Gasteiger partial charge in [-0.15, -0.1) is 0 Å². The number of hydrogen-bond acceptors (Lipinski definition) is 1. The minimum atomic E-state index is 0.948. The normalized spacial score (nSPS) is 14.4. The van der Waals surface area contributed by atoms with E-state index in [0.717, 1.165) is 18.5 Å². The predicted molar refractivity (Wildman–Crippen MR) is 52.9 cm³/mol. The van der Waals surface area contributed by atoms with Crippen molar-refractivity contribution in [2.75, 3.05) is 5.73 Å². The number of anilines is 1. The lowest BCUT2D eigenvalue weighted by Crippen LogP contribution is -2.00. The molecule has 1 aromatic carbocycles. The highest BCUT2D eigenvalue weighted by Crippen LogP contribution is 2.26. The summed E-state index contributed by atoms with van der Waals surface area (Å²) in [4.78, 5) is 0. The topological polar surface area (TPSA) is 26.0 Å². The Kier molecular flexibility index (Phi) is 1.65. The van der Waals surface area contributed by atoms with Gasteiger partial charge in [0.1, 0.15) is 0 Å². The molecule has 12 heavy (non-hydrogen) atoms. The molecular weight excluding hydrogens is 146 g/mol. The Morgan fingerprint density at radius 3 is 3.00 bits per heavy atom. The zero-order valence-electron chi connectivity index (χ0n) is 7.30. The molecule has 2 rings (SSSR count). The van der Waals surface area contributed by atoms with Gasteiger partial charge in [-0.25, -0.2) is 0 Å². The molecule has 1 aliphatic rings. The molecule has 1 heteroatoms. The van der Waals surface area contributed by atoms with Crippen molar-refractivity contribution < 1.29 is 0 Å². The van der Waals surface area contributed by atoms with Crippen LogP contribution in [0.25, 0.3) is 6.08 Å². The van der Waals surface area contributed by atoms with E-state index < -0.39 is 0 Å². The monoisotopic (exact) mass is 159 g/mol. The van der Waals surface area contributed by atoms with Crippen LogP contribution in [-0.4, -0.2) is 0 Å². The summed E-state index contributed by atoms with van der Waals surface area (Å²) in [6.07, 6.45) is 6.62. The maximum absolute atomic E-state index is 5.95. The summed E-state index contributed by atoms with van der Waals surface area (Å²) in [5.41, 5.74) is 10.7. The number of benzene rings is 1. The van der Waals surface area contributed by atoms with E-state index in [2.05, 4.69) is 31.2 Å². The van der Waals surface area contributed by atoms with Crippen molar-refractivity contribution in [3.8, 4) is 0 Å². The SMILES string of the molecule is Cc1ccc2c(c1N)C=CCC2. The Balaban J connectivity index is 2.64. The van der Waals surface area contributed by atoms with Gasteiger partial charge in [0.2, 0.25) is 0 Å². The van der Waals surface area contributed by atoms with Gasteiger partial charge in [-0.05, 0) is 30.9 Å². The average Bonchev–Trinajstić information content (AvgIpc) is 2.12. The van der Waals surface area contributed by atoms with Gasteiger partial charge in [-0.2, -0.15) is 0 Å². The molecule has 0 aliphatic heterocycles. The molecule has 0 aromatic heterocycles. The maximum Gasteiger partial charge on any atom is 0.0420 e. The molecule has 1 nitrogen and oxygen atoms in total. The van der Waals surface area contributed by atoms with Crippen molar-refractivity contribution in [2.45, 2.75) is 19.8 Å². The molecule has 0 saturated heterocycles. The van der Waals surface area contributed by atoms with E-state index in [1.54, 1.807) is 0 Å². The Hall–Kier alpha value is -1.24. The average molecular weight is 159 g/mol. The second kappa shape index (κ2) is 2.67. The molecule has 0 fully saturated rings. The molecule has 1 aliphatic carbocycles. The van der Waals surface area contributed by atoms with Crippen LogP contribution in [0.3, 0.4) is 0 Å². The van der Waals surface area contributed by atoms with Crippen LogP contribution in [-0.2, 0) is 6.42 Å². The first-order valence-corrected chi connectivity index (χ1v) is 4.33. The number of aryl methyl sites for hydroxylation is 2. The molecule has 2 N–H and O–H groups in total. The van der Waals surface area contributed by atoms with Crippen LogP contribution in [0, 0.1) is 6.92 Å². The summed E-state index contributed by atoms with van der Waals surface area (Å²) in [7, 11) is 0. The molecule has 0 bridgehead atoms. The number of rotatable bonds is 0. The van der Waals surface area contributed by atoms with Crippen molar-refractivity contribution in [2.24, 2.45) is 0 Å². The number of nitrogen functional groups attached to an aromatic ring is 1. The molecule has 0 heterocycles. The highest BCUT2D eigenvalue weighted by atomic mass is 14.6. The molecule has 62 valence electrons. The number of nitrogens with two attached hydrogens (primary N) is 1. The van der Waals surface area contributed by atoms with E-state index in [4.69, 9.17) is 5.73 Å². The predicted octanol–water partition coefficient (Wildman–Crippen LogP) is 2.54. The second-order valence-corrected chi connectivity index (χ2v) is 3.31. The first-order valence-electron chi connectivity index (χ1n) is 4.33. The minimum absolute atomic E-state index is 0.948. The largest absolute Gasteiger partial charge is 0.398 e. The van der Waals surface area contributed by atoms with Crippen molar-refractivity contribution >= 4 is 11.8 Å². The standard InChI is InChI=1S/C11H13N/c1-8-6-7-9-4-2-3-5-10(9)11(8)12/h3,5-7H,2,4,12H2,1H3. The van der Waals surface area contributed by atoms with Crippen LogP contribution in [0.4, 0.5) is 5.69 Å². The van der Waals surface area contributed by atoms with Gasteiger partial charge in [0.25, 0.3) is 0 Å². The van der Waals surface area contributed by atoms with E-state index in [1.807, 2.05) is 0 Å². The minimum Gasteiger partial charge on any atom is -0.398 e. The van der Waals surface area contributed by atoms with Crippen molar-refractivity contribution in [1.29, 1.82) is 0 Å². The Morgan fingerprint density at radius 2 is 2.17 bits per heavy atom.